The van der Waals surface area contributed by atoms with Crippen LogP contribution in [0.5, 0.6) is 0 Å². The molecule has 0 aromatic heterocycles. The summed E-state index contributed by atoms with van der Waals surface area (Å²) in [7, 11) is 2.67. The Balaban J connectivity index is 1.93. The van der Waals surface area contributed by atoms with Crippen molar-refractivity contribution in [3.63, 3.8) is 0 Å². The topological polar surface area (TPSA) is 55.8 Å². The van der Waals surface area contributed by atoms with Crippen LogP contribution < -0.4 is 0 Å². The normalized spacial score (nSPS) is 25.2. The van der Waals surface area contributed by atoms with Crippen LogP contribution in [0.3, 0.4) is 0 Å². The summed E-state index contributed by atoms with van der Waals surface area (Å²) in [5, 5.41) is 0.727. The van der Waals surface area contributed by atoms with Crippen molar-refractivity contribution in [3.8, 4) is 0 Å². The zero-order chi connectivity index (χ0) is 19.8. The van der Waals surface area contributed by atoms with Gasteiger partial charge in [0.05, 0.1) is 31.1 Å². The van der Waals surface area contributed by atoms with Crippen LogP contribution in [0.25, 0.3) is 6.08 Å². The minimum absolute atomic E-state index is 0.248. The van der Waals surface area contributed by atoms with Crippen molar-refractivity contribution in [2.24, 2.45) is 5.92 Å². The predicted octanol–water partition coefficient (Wildman–Crippen LogP) is 3.53. The van der Waals surface area contributed by atoms with Crippen LogP contribution in [0, 0.1) is 5.92 Å². The molecule has 28 heavy (non-hydrogen) atoms. The lowest BCUT2D eigenvalue weighted by atomic mass is 9.83. The van der Waals surface area contributed by atoms with Crippen LogP contribution in [0.15, 0.2) is 46.7 Å². The second-order valence-electron chi connectivity index (χ2n) is 7.26. The molecule has 6 heteroatoms. The van der Waals surface area contributed by atoms with E-state index in [9.17, 15) is 9.59 Å². The molecule has 146 valence electrons. The zero-order valence-electron chi connectivity index (χ0n) is 16.0. The van der Waals surface area contributed by atoms with Crippen LogP contribution in [0.4, 0.5) is 0 Å². The second-order valence-corrected chi connectivity index (χ2v) is 7.69. The smallest absolute Gasteiger partial charge is 0.340 e. The van der Waals surface area contributed by atoms with Gasteiger partial charge in [-0.3, -0.25) is 0 Å². The summed E-state index contributed by atoms with van der Waals surface area (Å²) in [6, 6.07) is 5.88. The summed E-state index contributed by atoms with van der Waals surface area (Å²) < 4.78 is 10.0. The van der Waals surface area contributed by atoms with E-state index in [2.05, 4.69) is 11.0 Å². The standard InChI is InChI=1S/C22H22ClNO4/c1-27-21(25)17-5-3-4-8-24-12-15-9-14-10-16(23)7-6-13(14)11-18(15)20(24)19(17)22(26)28-2/h5-7,10-11,15H,3-4,8-9,12H2,1-2H3/b17-5+,20-19+. The molecule has 3 aliphatic rings. The van der Waals surface area contributed by atoms with Gasteiger partial charge in [-0.05, 0) is 54.2 Å². The van der Waals surface area contributed by atoms with Crippen LogP contribution in [0.1, 0.15) is 24.0 Å². The van der Waals surface area contributed by atoms with Crippen LogP contribution in [-0.2, 0) is 25.5 Å². The Morgan fingerprint density at radius 2 is 1.96 bits per heavy atom. The zero-order valence-corrected chi connectivity index (χ0v) is 16.7. The van der Waals surface area contributed by atoms with E-state index in [0.29, 0.717) is 12.0 Å². The Morgan fingerprint density at radius 1 is 1.18 bits per heavy atom. The van der Waals surface area contributed by atoms with E-state index in [4.69, 9.17) is 21.1 Å². The average Bonchev–Trinajstić information content (AvgIpc) is 3.01. The van der Waals surface area contributed by atoms with E-state index >= 15 is 0 Å². The molecule has 0 saturated carbocycles. The van der Waals surface area contributed by atoms with Crippen molar-refractivity contribution >= 4 is 29.6 Å². The van der Waals surface area contributed by atoms with E-state index in [0.717, 1.165) is 47.8 Å². The number of carbonyl (C=O) groups is 2. The van der Waals surface area contributed by atoms with Gasteiger partial charge in [0, 0.05) is 24.0 Å². The third-order valence-electron chi connectivity index (χ3n) is 5.63. The second kappa shape index (κ2) is 7.47. The fraction of sp³-hybridized carbons (Fsp3) is 0.364. The van der Waals surface area contributed by atoms with Gasteiger partial charge in [0.15, 0.2) is 0 Å². The van der Waals surface area contributed by atoms with E-state index in [1.165, 1.54) is 19.8 Å². The van der Waals surface area contributed by atoms with Gasteiger partial charge in [-0.2, -0.15) is 0 Å². The SMILES string of the molecule is COC(=O)C1=C/CCCN2CC3Cc4cc(Cl)ccc4C=C3\C2=C\1C(=O)OC. The number of carbonyl (C=O) groups excluding carboxylic acids is 2. The Morgan fingerprint density at radius 3 is 2.71 bits per heavy atom. The van der Waals surface area contributed by atoms with Crippen molar-refractivity contribution in [2.75, 3.05) is 27.3 Å². The van der Waals surface area contributed by atoms with E-state index in [1.54, 1.807) is 6.08 Å². The maximum absolute atomic E-state index is 12.8. The van der Waals surface area contributed by atoms with Crippen molar-refractivity contribution in [1.82, 2.24) is 4.90 Å². The van der Waals surface area contributed by atoms with Gasteiger partial charge in [0.25, 0.3) is 0 Å². The third-order valence-corrected chi connectivity index (χ3v) is 5.87. The first-order chi connectivity index (χ1) is 13.5. The number of nitrogens with zero attached hydrogens (tertiary/aromatic N) is 1. The molecule has 1 aromatic carbocycles. The highest BCUT2D eigenvalue weighted by molar-refractivity contribution is 6.30. The number of halogens is 1. The molecular formula is C22H22ClNO4. The molecule has 2 heterocycles. The van der Waals surface area contributed by atoms with Crippen molar-refractivity contribution < 1.29 is 19.1 Å². The summed E-state index contributed by atoms with van der Waals surface area (Å²) >= 11 is 6.18. The largest absolute Gasteiger partial charge is 0.465 e. The molecule has 1 fully saturated rings. The monoisotopic (exact) mass is 399 g/mol. The molecule has 1 saturated heterocycles. The Kier molecular flexibility index (Phi) is 5.02. The summed E-state index contributed by atoms with van der Waals surface area (Å²) in [5.41, 5.74) is 4.78. The van der Waals surface area contributed by atoms with Gasteiger partial charge >= 0.3 is 11.9 Å². The molecule has 1 aliphatic carbocycles. The molecular weight excluding hydrogens is 378 g/mol. The van der Waals surface area contributed by atoms with Crippen LogP contribution >= 0.6 is 11.6 Å². The number of hydrogen-bond acceptors (Lipinski definition) is 5. The number of ether oxygens (including phenoxy) is 2. The van der Waals surface area contributed by atoms with Crippen LogP contribution in [0.2, 0.25) is 5.02 Å². The quantitative estimate of drug-likeness (QED) is 0.712. The fourth-order valence-electron chi connectivity index (χ4n) is 4.38. The lowest BCUT2D eigenvalue weighted by Crippen LogP contribution is -2.27. The number of esters is 2. The first-order valence-electron chi connectivity index (χ1n) is 9.40. The first kappa shape index (κ1) is 18.8. The number of rotatable bonds is 2. The molecule has 2 aliphatic heterocycles. The Hall–Kier alpha value is -2.53. The lowest BCUT2D eigenvalue weighted by Gasteiger charge is -2.25. The Labute approximate surface area is 169 Å². The van der Waals surface area contributed by atoms with Crippen LogP contribution in [-0.4, -0.2) is 44.1 Å². The van der Waals surface area contributed by atoms with Gasteiger partial charge in [-0.15, -0.1) is 0 Å². The number of benzene rings is 1. The minimum Gasteiger partial charge on any atom is -0.465 e. The third kappa shape index (κ3) is 3.14. The molecule has 1 atom stereocenters. The summed E-state index contributed by atoms with van der Waals surface area (Å²) in [6.07, 6.45) is 6.38. The molecule has 4 rings (SSSR count). The molecule has 0 radical (unpaired) electrons. The summed E-state index contributed by atoms with van der Waals surface area (Å²) in [6.45, 7) is 1.63. The predicted molar refractivity (Wildman–Crippen MR) is 107 cm³/mol. The highest BCUT2D eigenvalue weighted by Crippen LogP contribution is 2.44. The van der Waals surface area contributed by atoms with Crippen molar-refractivity contribution in [3.05, 3.63) is 62.8 Å². The number of allylic oxidation sites excluding steroid dienone is 2. The van der Waals surface area contributed by atoms with Gasteiger partial charge in [0.1, 0.15) is 0 Å². The minimum atomic E-state index is -0.512. The highest BCUT2D eigenvalue weighted by Gasteiger charge is 2.40. The molecule has 0 N–H and O–H groups in total. The summed E-state index contributed by atoms with van der Waals surface area (Å²) in [4.78, 5) is 27.4. The molecule has 0 amide bonds. The maximum atomic E-state index is 12.8. The van der Waals surface area contributed by atoms with Gasteiger partial charge in [-0.1, -0.05) is 23.7 Å². The molecule has 0 spiro atoms. The molecule has 5 nitrogen and oxygen atoms in total. The molecule has 1 unspecified atom stereocenters. The van der Waals surface area contributed by atoms with E-state index in [-0.39, 0.29) is 11.5 Å². The van der Waals surface area contributed by atoms with E-state index in [1.807, 2.05) is 18.2 Å². The fourth-order valence-corrected chi connectivity index (χ4v) is 4.58. The van der Waals surface area contributed by atoms with Crippen molar-refractivity contribution in [2.45, 2.75) is 19.3 Å². The number of hydrogen-bond donors (Lipinski definition) is 0. The number of methoxy groups -OCH3 is 2. The van der Waals surface area contributed by atoms with Gasteiger partial charge in [-0.25, -0.2) is 9.59 Å². The van der Waals surface area contributed by atoms with Crippen molar-refractivity contribution in [1.29, 1.82) is 0 Å². The van der Waals surface area contributed by atoms with E-state index < -0.39 is 11.9 Å². The Bertz CT molecular complexity index is 944. The average molecular weight is 400 g/mol. The summed E-state index contributed by atoms with van der Waals surface area (Å²) in [5.74, 6) is -0.776. The first-order valence-corrected chi connectivity index (χ1v) is 9.78. The van der Waals surface area contributed by atoms with Gasteiger partial charge < -0.3 is 14.4 Å². The molecule has 0 bridgehead atoms. The highest BCUT2D eigenvalue weighted by atomic mass is 35.5. The molecule has 1 aromatic rings. The van der Waals surface area contributed by atoms with Gasteiger partial charge in [0.2, 0.25) is 0 Å². The maximum Gasteiger partial charge on any atom is 0.340 e. The lowest BCUT2D eigenvalue weighted by molar-refractivity contribution is -0.139. The number of fused-ring (bicyclic) bond motifs is 4.